The number of hydrogen-bond acceptors (Lipinski definition) is 2. The Bertz CT molecular complexity index is 1340. The van der Waals surface area contributed by atoms with Gasteiger partial charge >= 0.3 is 0 Å². The summed E-state index contributed by atoms with van der Waals surface area (Å²) in [7, 11) is 0. The maximum Gasteiger partial charge on any atom is 0.0573 e. The molecule has 30 heavy (non-hydrogen) atoms. The number of thiophene rings is 1. The zero-order chi connectivity index (χ0) is 20.7. The SMILES string of the molecule is CC(C)(C)c1ccc(Nc2csc3cc4ccccc4cc23)c(-c2ccccc2)c1. The zero-order valence-corrected chi connectivity index (χ0v) is 18.4. The molecule has 1 nitrogen and oxygen atoms in total. The Kier molecular flexibility index (Phi) is 4.60. The van der Waals surface area contributed by atoms with Crippen LogP contribution < -0.4 is 5.32 Å². The lowest BCUT2D eigenvalue weighted by molar-refractivity contribution is 0.590. The van der Waals surface area contributed by atoms with Crippen LogP contribution in [0.15, 0.2) is 90.3 Å². The number of fused-ring (bicyclic) bond motifs is 2. The van der Waals surface area contributed by atoms with Gasteiger partial charge in [-0.1, -0.05) is 81.4 Å². The quantitative estimate of drug-likeness (QED) is 0.315. The molecule has 0 radical (unpaired) electrons. The predicted octanol–water partition coefficient (Wildman–Crippen LogP) is 8.76. The Balaban J connectivity index is 1.63. The molecule has 1 N–H and O–H groups in total. The van der Waals surface area contributed by atoms with Crippen molar-refractivity contribution in [1.82, 2.24) is 0 Å². The molecule has 0 saturated carbocycles. The van der Waals surface area contributed by atoms with Gasteiger partial charge in [-0.25, -0.2) is 0 Å². The van der Waals surface area contributed by atoms with Crippen LogP contribution in [0.25, 0.3) is 32.0 Å². The van der Waals surface area contributed by atoms with Gasteiger partial charge in [-0.05, 0) is 51.6 Å². The van der Waals surface area contributed by atoms with Crippen LogP contribution in [0.2, 0.25) is 0 Å². The number of benzene rings is 4. The van der Waals surface area contributed by atoms with Crippen LogP contribution in [0.4, 0.5) is 11.4 Å². The van der Waals surface area contributed by atoms with Gasteiger partial charge in [0.1, 0.15) is 0 Å². The Hall–Kier alpha value is -3.10. The highest BCUT2D eigenvalue weighted by Gasteiger charge is 2.17. The predicted molar refractivity (Wildman–Crippen MR) is 133 cm³/mol. The first kappa shape index (κ1) is 18.9. The fourth-order valence-corrected chi connectivity index (χ4v) is 4.85. The maximum absolute atomic E-state index is 3.75. The summed E-state index contributed by atoms with van der Waals surface area (Å²) in [5, 5.41) is 9.82. The molecular formula is C28H25NS. The lowest BCUT2D eigenvalue weighted by Gasteiger charge is -2.22. The highest BCUT2D eigenvalue weighted by atomic mass is 32.1. The van der Waals surface area contributed by atoms with Crippen molar-refractivity contribution in [3.8, 4) is 11.1 Å². The molecule has 0 saturated heterocycles. The average Bonchev–Trinajstić information content (AvgIpc) is 3.14. The van der Waals surface area contributed by atoms with Crippen molar-refractivity contribution in [3.05, 3.63) is 95.9 Å². The third-order valence-corrected chi connectivity index (χ3v) is 6.63. The minimum Gasteiger partial charge on any atom is -0.354 e. The van der Waals surface area contributed by atoms with Crippen molar-refractivity contribution in [2.45, 2.75) is 26.2 Å². The summed E-state index contributed by atoms with van der Waals surface area (Å²) in [6.45, 7) is 6.80. The van der Waals surface area contributed by atoms with Crippen molar-refractivity contribution in [2.24, 2.45) is 0 Å². The van der Waals surface area contributed by atoms with Crippen LogP contribution in [0, 0.1) is 0 Å². The van der Waals surface area contributed by atoms with Crippen molar-refractivity contribution < 1.29 is 0 Å². The summed E-state index contributed by atoms with van der Waals surface area (Å²) in [6.07, 6.45) is 0. The van der Waals surface area contributed by atoms with Crippen LogP contribution in [0.3, 0.4) is 0 Å². The van der Waals surface area contributed by atoms with Crippen molar-refractivity contribution in [1.29, 1.82) is 0 Å². The molecule has 1 heterocycles. The Morgan fingerprint density at radius 1 is 0.700 bits per heavy atom. The number of anilines is 2. The topological polar surface area (TPSA) is 12.0 Å². The van der Waals surface area contributed by atoms with Crippen LogP contribution in [-0.2, 0) is 5.41 Å². The fourth-order valence-electron chi connectivity index (χ4n) is 3.93. The van der Waals surface area contributed by atoms with Gasteiger partial charge in [-0.3, -0.25) is 0 Å². The van der Waals surface area contributed by atoms with Gasteiger partial charge in [-0.15, -0.1) is 11.3 Å². The van der Waals surface area contributed by atoms with Gasteiger partial charge < -0.3 is 5.32 Å². The minimum atomic E-state index is 0.107. The lowest BCUT2D eigenvalue weighted by Crippen LogP contribution is -2.11. The first-order chi connectivity index (χ1) is 14.5. The maximum atomic E-state index is 3.75. The van der Waals surface area contributed by atoms with Gasteiger partial charge in [0.2, 0.25) is 0 Å². The average molecular weight is 408 g/mol. The van der Waals surface area contributed by atoms with E-state index in [1.165, 1.54) is 43.2 Å². The molecule has 0 bridgehead atoms. The van der Waals surface area contributed by atoms with Gasteiger partial charge in [-0.2, -0.15) is 0 Å². The van der Waals surface area contributed by atoms with E-state index in [0.717, 1.165) is 5.69 Å². The molecule has 0 fully saturated rings. The Morgan fingerprint density at radius 3 is 2.13 bits per heavy atom. The Morgan fingerprint density at radius 2 is 1.40 bits per heavy atom. The van der Waals surface area contributed by atoms with E-state index in [-0.39, 0.29) is 5.41 Å². The molecule has 0 unspecified atom stereocenters. The van der Waals surface area contributed by atoms with Gasteiger partial charge in [0.05, 0.1) is 5.69 Å². The molecule has 5 rings (SSSR count). The number of nitrogens with one attached hydrogen (secondary N) is 1. The molecule has 0 spiro atoms. The number of rotatable bonds is 3. The summed E-state index contributed by atoms with van der Waals surface area (Å²) >= 11 is 1.79. The fraction of sp³-hybridized carbons (Fsp3) is 0.143. The highest BCUT2D eigenvalue weighted by molar-refractivity contribution is 7.17. The molecule has 2 heteroatoms. The van der Waals surface area contributed by atoms with E-state index < -0.39 is 0 Å². The van der Waals surface area contributed by atoms with Gasteiger partial charge in [0, 0.05) is 26.7 Å². The third-order valence-electron chi connectivity index (χ3n) is 5.68. The van der Waals surface area contributed by atoms with E-state index >= 15 is 0 Å². The van der Waals surface area contributed by atoms with E-state index in [1.54, 1.807) is 11.3 Å². The molecule has 0 amide bonds. The first-order valence-corrected chi connectivity index (χ1v) is 11.2. The summed E-state index contributed by atoms with van der Waals surface area (Å²) in [5.41, 5.74) is 6.23. The molecule has 4 aromatic carbocycles. The van der Waals surface area contributed by atoms with E-state index in [0.29, 0.717) is 0 Å². The first-order valence-electron chi connectivity index (χ1n) is 10.4. The van der Waals surface area contributed by atoms with Crippen LogP contribution >= 0.6 is 11.3 Å². The molecule has 148 valence electrons. The molecule has 0 aliphatic rings. The van der Waals surface area contributed by atoms with Crippen molar-refractivity contribution in [2.75, 3.05) is 5.32 Å². The molecular weight excluding hydrogens is 382 g/mol. The highest BCUT2D eigenvalue weighted by Crippen LogP contribution is 2.39. The Labute approximate surface area is 182 Å². The lowest BCUT2D eigenvalue weighted by atomic mass is 9.85. The van der Waals surface area contributed by atoms with E-state index in [2.05, 4.69) is 116 Å². The monoisotopic (exact) mass is 407 g/mol. The van der Waals surface area contributed by atoms with Crippen molar-refractivity contribution >= 4 is 43.6 Å². The molecule has 0 aliphatic heterocycles. The number of hydrogen-bond donors (Lipinski definition) is 1. The van der Waals surface area contributed by atoms with Crippen molar-refractivity contribution in [3.63, 3.8) is 0 Å². The second-order valence-electron chi connectivity index (χ2n) is 8.85. The molecule has 0 aliphatic carbocycles. The second kappa shape index (κ2) is 7.30. The minimum absolute atomic E-state index is 0.107. The summed E-state index contributed by atoms with van der Waals surface area (Å²) in [5.74, 6) is 0. The van der Waals surface area contributed by atoms with E-state index in [4.69, 9.17) is 0 Å². The van der Waals surface area contributed by atoms with Crippen LogP contribution in [0.5, 0.6) is 0 Å². The third kappa shape index (κ3) is 3.48. The standard InChI is InChI=1S/C28H25NS/c1-28(2,3)22-13-14-25(23(17-22)19-9-5-4-6-10-19)29-26-18-30-27-16-21-12-8-7-11-20(21)15-24(26)27/h4-18,29H,1-3H3. The summed E-state index contributed by atoms with van der Waals surface area (Å²) < 4.78 is 1.31. The smallest absolute Gasteiger partial charge is 0.0573 e. The van der Waals surface area contributed by atoms with E-state index in [9.17, 15) is 0 Å². The summed E-state index contributed by atoms with van der Waals surface area (Å²) in [4.78, 5) is 0. The molecule has 5 aromatic rings. The van der Waals surface area contributed by atoms with E-state index in [1.807, 2.05) is 0 Å². The summed E-state index contributed by atoms with van der Waals surface area (Å²) in [6, 6.07) is 30.6. The normalized spacial score (nSPS) is 11.8. The molecule has 0 atom stereocenters. The van der Waals surface area contributed by atoms with Crippen LogP contribution in [-0.4, -0.2) is 0 Å². The largest absolute Gasteiger partial charge is 0.354 e. The zero-order valence-electron chi connectivity index (χ0n) is 17.6. The van der Waals surface area contributed by atoms with Gasteiger partial charge in [0.25, 0.3) is 0 Å². The van der Waals surface area contributed by atoms with Crippen LogP contribution in [0.1, 0.15) is 26.3 Å². The second-order valence-corrected chi connectivity index (χ2v) is 9.76. The van der Waals surface area contributed by atoms with Gasteiger partial charge in [0.15, 0.2) is 0 Å². The molecule has 1 aromatic heterocycles.